The van der Waals surface area contributed by atoms with Crippen LogP contribution in [-0.4, -0.2) is 25.9 Å². The van der Waals surface area contributed by atoms with Gasteiger partial charge in [-0.3, -0.25) is 4.98 Å². The Morgan fingerprint density at radius 1 is 0.850 bits per heavy atom. The summed E-state index contributed by atoms with van der Waals surface area (Å²) >= 11 is 11.8. The molecule has 0 aliphatic carbocycles. The zero-order chi connectivity index (χ0) is 28.4. The number of pyridine rings is 1. The molecular weight excluding hydrogens is 566 g/mol. The molecule has 202 valence electrons. The average Bonchev–Trinajstić information content (AvgIpc) is 3.37. The van der Waals surface area contributed by atoms with E-state index in [0.717, 1.165) is 23.3 Å². The van der Waals surface area contributed by atoms with E-state index in [-0.39, 0.29) is 16.5 Å². The van der Waals surface area contributed by atoms with Crippen molar-refractivity contribution < 1.29 is 23.1 Å². The molecule has 0 saturated carbocycles. The first-order valence-electron chi connectivity index (χ1n) is 11.6. The van der Waals surface area contributed by atoms with Crippen LogP contribution in [0.15, 0.2) is 91.4 Å². The van der Waals surface area contributed by atoms with E-state index in [1.54, 1.807) is 59.7 Å². The summed E-state index contributed by atoms with van der Waals surface area (Å²) in [4.78, 5) is 16.6. The van der Waals surface area contributed by atoms with Crippen LogP contribution in [0.1, 0.15) is 5.56 Å². The Kier molecular flexibility index (Phi) is 7.38. The van der Waals surface area contributed by atoms with E-state index < -0.39 is 22.8 Å². The van der Waals surface area contributed by atoms with E-state index in [2.05, 4.69) is 15.6 Å². The molecule has 0 radical (unpaired) electrons. The van der Waals surface area contributed by atoms with Gasteiger partial charge in [0.2, 0.25) is 0 Å². The number of benzene rings is 3. The van der Waals surface area contributed by atoms with E-state index in [9.17, 15) is 23.1 Å². The SMILES string of the molecule is O=C(Nc1cccc(-n2cc(-c3ccncc3)c(-c3ccc(O)c(Cl)c3)n2)c1)Nc1ccc(Cl)c(C(F)(F)F)c1. The summed E-state index contributed by atoms with van der Waals surface area (Å²) in [5.74, 6) is -0.0550. The Balaban J connectivity index is 1.43. The first-order chi connectivity index (χ1) is 19.1. The maximum atomic E-state index is 13.2. The van der Waals surface area contributed by atoms with Crippen molar-refractivity contribution in [2.24, 2.45) is 0 Å². The van der Waals surface area contributed by atoms with Crippen LogP contribution in [0.3, 0.4) is 0 Å². The second-order valence-corrected chi connectivity index (χ2v) is 9.37. The van der Waals surface area contributed by atoms with Crippen molar-refractivity contribution in [1.82, 2.24) is 14.8 Å². The number of hydrogen-bond acceptors (Lipinski definition) is 4. The number of urea groups is 1. The summed E-state index contributed by atoms with van der Waals surface area (Å²) < 4.78 is 41.1. The average molecular weight is 584 g/mol. The maximum Gasteiger partial charge on any atom is 0.417 e. The van der Waals surface area contributed by atoms with Gasteiger partial charge in [0, 0.05) is 41.1 Å². The number of aromatic nitrogens is 3. The Morgan fingerprint density at radius 2 is 1.57 bits per heavy atom. The monoisotopic (exact) mass is 583 g/mol. The van der Waals surface area contributed by atoms with Gasteiger partial charge in [-0.25, -0.2) is 9.48 Å². The van der Waals surface area contributed by atoms with Gasteiger partial charge in [0.1, 0.15) is 11.4 Å². The third-order valence-electron chi connectivity index (χ3n) is 5.82. The van der Waals surface area contributed by atoms with Crippen LogP contribution in [0.25, 0.3) is 28.1 Å². The van der Waals surface area contributed by atoms with Crippen molar-refractivity contribution in [3.8, 4) is 33.8 Å². The first kappa shape index (κ1) is 27.0. The molecule has 5 rings (SSSR count). The Bertz CT molecular complexity index is 1710. The Morgan fingerprint density at radius 3 is 2.27 bits per heavy atom. The highest BCUT2D eigenvalue weighted by Crippen LogP contribution is 2.37. The summed E-state index contributed by atoms with van der Waals surface area (Å²) in [6, 6.07) is 17.5. The summed E-state index contributed by atoms with van der Waals surface area (Å²) in [7, 11) is 0. The van der Waals surface area contributed by atoms with Gasteiger partial charge in [-0.15, -0.1) is 0 Å². The number of nitrogens with zero attached hydrogens (tertiary/aromatic N) is 3. The molecule has 7 nitrogen and oxygen atoms in total. The highest BCUT2D eigenvalue weighted by atomic mass is 35.5. The summed E-state index contributed by atoms with van der Waals surface area (Å²) in [6.45, 7) is 0. The number of phenols is 1. The van der Waals surface area contributed by atoms with E-state index in [1.807, 2.05) is 12.1 Å². The van der Waals surface area contributed by atoms with E-state index in [0.29, 0.717) is 22.6 Å². The second kappa shape index (κ2) is 10.9. The van der Waals surface area contributed by atoms with Crippen LogP contribution < -0.4 is 10.6 Å². The Labute approximate surface area is 235 Å². The molecule has 3 aromatic carbocycles. The second-order valence-electron chi connectivity index (χ2n) is 8.56. The molecule has 0 spiro atoms. The topological polar surface area (TPSA) is 92.1 Å². The highest BCUT2D eigenvalue weighted by molar-refractivity contribution is 6.32. The first-order valence-corrected chi connectivity index (χ1v) is 12.4. The number of phenolic OH excluding ortho intramolecular Hbond substituents is 1. The molecule has 40 heavy (non-hydrogen) atoms. The number of halogens is 5. The van der Waals surface area contributed by atoms with Crippen molar-refractivity contribution in [2.45, 2.75) is 6.18 Å². The number of aromatic hydroxyl groups is 1. The van der Waals surface area contributed by atoms with Gasteiger partial charge >= 0.3 is 12.2 Å². The number of nitrogens with one attached hydrogen (secondary N) is 2. The van der Waals surface area contributed by atoms with Crippen LogP contribution in [0, 0.1) is 0 Å². The van der Waals surface area contributed by atoms with E-state index in [4.69, 9.17) is 28.3 Å². The van der Waals surface area contributed by atoms with Crippen molar-refractivity contribution in [1.29, 1.82) is 0 Å². The van der Waals surface area contributed by atoms with Gasteiger partial charge in [0.15, 0.2) is 0 Å². The number of amides is 2. The fourth-order valence-corrected chi connectivity index (χ4v) is 4.36. The van der Waals surface area contributed by atoms with Crippen LogP contribution in [0.5, 0.6) is 5.75 Å². The van der Waals surface area contributed by atoms with Gasteiger partial charge in [-0.2, -0.15) is 18.3 Å². The zero-order valence-corrected chi connectivity index (χ0v) is 21.8. The molecule has 5 aromatic rings. The molecule has 0 aliphatic heterocycles. The lowest BCUT2D eigenvalue weighted by Crippen LogP contribution is -2.20. The molecule has 0 bridgehead atoms. The van der Waals surface area contributed by atoms with Crippen molar-refractivity contribution >= 4 is 40.6 Å². The fraction of sp³-hybridized carbons (Fsp3) is 0.0357. The van der Waals surface area contributed by atoms with Crippen molar-refractivity contribution in [2.75, 3.05) is 10.6 Å². The van der Waals surface area contributed by atoms with Crippen LogP contribution in [0.2, 0.25) is 10.0 Å². The molecule has 0 atom stereocenters. The summed E-state index contributed by atoms with van der Waals surface area (Å²) in [6.07, 6.45) is 0.448. The smallest absolute Gasteiger partial charge is 0.417 e. The number of alkyl halides is 3. The number of carbonyl (C=O) groups excluding carboxylic acids is 1. The highest BCUT2D eigenvalue weighted by Gasteiger charge is 2.33. The van der Waals surface area contributed by atoms with Crippen LogP contribution >= 0.6 is 23.2 Å². The molecule has 0 aliphatic rings. The lowest BCUT2D eigenvalue weighted by atomic mass is 10.0. The minimum Gasteiger partial charge on any atom is -0.506 e. The quantitative estimate of drug-likeness (QED) is 0.194. The molecule has 0 unspecified atom stereocenters. The Hall–Kier alpha value is -4.54. The van der Waals surface area contributed by atoms with Gasteiger partial charge in [0.05, 0.1) is 21.3 Å². The van der Waals surface area contributed by atoms with Crippen molar-refractivity contribution in [3.63, 3.8) is 0 Å². The molecule has 2 heterocycles. The number of hydrogen-bond donors (Lipinski definition) is 3. The molecule has 3 N–H and O–H groups in total. The molecule has 12 heteroatoms. The van der Waals surface area contributed by atoms with Crippen LogP contribution in [0.4, 0.5) is 29.3 Å². The summed E-state index contributed by atoms with van der Waals surface area (Å²) in [5.41, 5.74) is 2.71. The number of anilines is 2. The predicted octanol–water partition coefficient (Wildman–Crippen LogP) is 8.28. The normalized spacial score (nSPS) is 11.3. The molecular formula is C28H18Cl2F3N5O2. The van der Waals surface area contributed by atoms with E-state index in [1.165, 1.54) is 12.1 Å². The van der Waals surface area contributed by atoms with Gasteiger partial charge in [-0.05, 0) is 72.3 Å². The lowest BCUT2D eigenvalue weighted by Gasteiger charge is -2.12. The number of carbonyl (C=O) groups is 1. The molecule has 0 fully saturated rings. The molecule has 2 aromatic heterocycles. The largest absolute Gasteiger partial charge is 0.506 e. The standard InChI is InChI=1S/C28H18Cl2F3N5O2/c29-23-6-5-19(14-22(23)28(31,32)33)36-27(40)35-18-2-1-3-20(13-18)38-15-21(16-8-10-34-11-9-16)26(37-38)17-4-7-25(39)24(30)12-17/h1-15,39H,(H2,35,36,40). The van der Waals surface area contributed by atoms with Crippen molar-refractivity contribution in [3.05, 3.63) is 107 Å². The van der Waals surface area contributed by atoms with Crippen LogP contribution in [-0.2, 0) is 6.18 Å². The minimum absolute atomic E-state index is 0.0550. The third-order valence-corrected chi connectivity index (χ3v) is 6.46. The van der Waals surface area contributed by atoms with Gasteiger partial charge in [0.25, 0.3) is 0 Å². The third kappa shape index (κ3) is 5.88. The zero-order valence-electron chi connectivity index (χ0n) is 20.2. The fourth-order valence-electron chi connectivity index (χ4n) is 3.96. The lowest BCUT2D eigenvalue weighted by molar-refractivity contribution is -0.137. The van der Waals surface area contributed by atoms with E-state index >= 15 is 0 Å². The maximum absolute atomic E-state index is 13.2. The predicted molar refractivity (Wildman–Crippen MR) is 148 cm³/mol. The summed E-state index contributed by atoms with van der Waals surface area (Å²) in [5, 5.41) is 19.3. The minimum atomic E-state index is -4.66. The van der Waals surface area contributed by atoms with Gasteiger partial charge < -0.3 is 15.7 Å². The number of rotatable bonds is 5. The molecule has 2 amide bonds. The van der Waals surface area contributed by atoms with Gasteiger partial charge in [-0.1, -0.05) is 29.3 Å². The molecule has 0 saturated heterocycles.